The summed E-state index contributed by atoms with van der Waals surface area (Å²) in [4.78, 5) is 0. The van der Waals surface area contributed by atoms with Gasteiger partial charge in [-0.05, 0) is 62.9 Å². The van der Waals surface area contributed by atoms with Crippen LogP contribution in [-0.2, 0) is 6.42 Å². The van der Waals surface area contributed by atoms with Gasteiger partial charge in [-0.15, -0.1) is 0 Å². The summed E-state index contributed by atoms with van der Waals surface area (Å²) < 4.78 is 6.01. The van der Waals surface area contributed by atoms with Crippen LogP contribution < -0.4 is 10.1 Å². The van der Waals surface area contributed by atoms with Crippen molar-refractivity contribution in [2.24, 2.45) is 0 Å². The van der Waals surface area contributed by atoms with E-state index >= 15 is 0 Å². The van der Waals surface area contributed by atoms with Crippen molar-refractivity contribution in [3.8, 4) is 5.75 Å². The lowest BCUT2D eigenvalue weighted by atomic mass is 9.89. The highest BCUT2D eigenvalue weighted by molar-refractivity contribution is 5.43. The van der Waals surface area contributed by atoms with Crippen LogP contribution >= 0.6 is 0 Å². The van der Waals surface area contributed by atoms with Gasteiger partial charge in [0, 0.05) is 6.42 Å². The van der Waals surface area contributed by atoms with Crippen LogP contribution in [0.3, 0.4) is 0 Å². The van der Waals surface area contributed by atoms with Gasteiger partial charge >= 0.3 is 0 Å². The molecule has 2 aliphatic heterocycles. The standard InChI is InChI=1S/C15H21NO/c1-15(2)10-13-4-3-12(9-14(13)17-15)11-5-7-16-8-6-11/h3-4,9,11,16H,5-8,10H2,1-2H3. The molecular formula is C15H21NO. The van der Waals surface area contributed by atoms with Crippen molar-refractivity contribution in [2.45, 2.75) is 44.6 Å². The van der Waals surface area contributed by atoms with E-state index < -0.39 is 0 Å². The minimum atomic E-state index is -0.0188. The van der Waals surface area contributed by atoms with Crippen molar-refractivity contribution in [1.82, 2.24) is 5.32 Å². The van der Waals surface area contributed by atoms with E-state index in [1.54, 1.807) is 0 Å². The van der Waals surface area contributed by atoms with Crippen LogP contribution in [0.1, 0.15) is 43.7 Å². The van der Waals surface area contributed by atoms with Crippen molar-refractivity contribution >= 4 is 0 Å². The Morgan fingerprint density at radius 2 is 2.00 bits per heavy atom. The van der Waals surface area contributed by atoms with Crippen molar-refractivity contribution in [3.63, 3.8) is 0 Å². The third kappa shape index (κ3) is 2.19. The van der Waals surface area contributed by atoms with Gasteiger partial charge in [-0.25, -0.2) is 0 Å². The maximum absolute atomic E-state index is 6.01. The number of hydrogen-bond donors (Lipinski definition) is 1. The van der Waals surface area contributed by atoms with Gasteiger partial charge in [0.05, 0.1) is 0 Å². The third-order valence-corrected chi connectivity index (χ3v) is 3.90. The summed E-state index contributed by atoms with van der Waals surface area (Å²) in [5.74, 6) is 1.83. The number of fused-ring (bicyclic) bond motifs is 1. The molecule has 2 nitrogen and oxygen atoms in total. The molecule has 2 heteroatoms. The Morgan fingerprint density at radius 3 is 2.76 bits per heavy atom. The molecule has 0 aliphatic carbocycles. The number of rotatable bonds is 1. The van der Waals surface area contributed by atoms with Gasteiger partial charge in [-0.1, -0.05) is 12.1 Å². The van der Waals surface area contributed by atoms with E-state index in [4.69, 9.17) is 4.74 Å². The molecule has 0 spiro atoms. The molecule has 17 heavy (non-hydrogen) atoms. The Kier molecular flexibility index (Phi) is 2.62. The average Bonchev–Trinajstić information content (AvgIpc) is 2.63. The number of nitrogens with one attached hydrogen (secondary N) is 1. The fourth-order valence-corrected chi connectivity index (χ4v) is 3.01. The quantitative estimate of drug-likeness (QED) is 0.802. The topological polar surface area (TPSA) is 21.3 Å². The molecule has 0 bridgehead atoms. The summed E-state index contributed by atoms with van der Waals surface area (Å²) in [6.45, 7) is 6.62. The minimum absolute atomic E-state index is 0.0188. The molecular weight excluding hydrogens is 210 g/mol. The van der Waals surface area contributed by atoms with Gasteiger partial charge in [0.1, 0.15) is 11.4 Å². The zero-order valence-electron chi connectivity index (χ0n) is 10.8. The molecule has 3 rings (SSSR count). The van der Waals surface area contributed by atoms with E-state index in [2.05, 4.69) is 37.4 Å². The van der Waals surface area contributed by atoms with Crippen LogP contribution in [0.5, 0.6) is 5.75 Å². The summed E-state index contributed by atoms with van der Waals surface area (Å²) in [7, 11) is 0. The monoisotopic (exact) mass is 231 g/mol. The first-order chi connectivity index (χ1) is 8.14. The van der Waals surface area contributed by atoms with E-state index in [0.29, 0.717) is 5.92 Å². The van der Waals surface area contributed by atoms with Gasteiger partial charge in [0.25, 0.3) is 0 Å². The van der Waals surface area contributed by atoms with Crippen LogP contribution in [0, 0.1) is 0 Å². The molecule has 92 valence electrons. The van der Waals surface area contributed by atoms with Crippen LogP contribution in [-0.4, -0.2) is 18.7 Å². The molecule has 1 aromatic carbocycles. The van der Waals surface area contributed by atoms with Crippen molar-refractivity contribution in [3.05, 3.63) is 29.3 Å². The first-order valence-electron chi connectivity index (χ1n) is 6.67. The molecule has 1 saturated heterocycles. The summed E-state index contributed by atoms with van der Waals surface area (Å²) in [6.07, 6.45) is 3.54. The van der Waals surface area contributed by atoms with Crippen LogP contribution in [0.2, 0.25) is 0 Å². The normalized spacial score (nSPS) is 23.2. The zero-order valence-corrected chi connectivity index (χ0v) is 10.8. The van der Waals surface area contributed by atoms with Gasteiger partial charge < -0.3 is 10.1 Å². The second-order valence-corrected chi connectivity index (χ2v) is 5.93. The van der Waals surface area contributed by atoms with Crippen molar-refractivity contribution < 1.29 is 4.74 Å². The van der Waals surface area contributed by atoms with Gasteiger partial charge in [0.2, 0.25) is 0 Å². The Balaban J connectivity index is 1.85. The Hall–Kier alpha value is -1.02. The summed E-state index contributed by atoms with van der Waals surface area (Å²) in [5.41, 5.74) is 2.81. The Morgan fingerprint density at radius 1 is 1.24 bits per heavy atom. The van der Waals surface area contributed by atoms with E-state index in [9.17, 15) is 0 Å². The molecule has 1 aromatic rings. The van der Waals surface area contributed by atoms with Crippen LogP contribution in [0.25, 0.3) is 0 Å². The number of piperidine rings is 1. The molecule has 1 N–H and O–H groups in total. The first kappa shape index (κ1) is 11.1. The lowest BCUT2D eigenvalue weighted by Crippen LogP contribution is -2.26. The number of ether oxygens (including phenoxy) is 1. The molecule has 0 atom stereocenters. The fraction of sp³-hybridized carbons (Fsp3) is 0.600. The SMILES string of the molecule is CC1(C)Cc2ccc(C3CCNCC3)cc2O1. The van der Waals surface area contributed by atoms with Gasteiger partial charge in [-0.2, -0.15) is 0 Å². The largest absolute Gasteiger partial charge is 0.487 e. The maximum atomic E-state index is 6.01. The average molecular weight is 231 g/mol. The first-order valence-corrected chi connectivity index (χ1v) is 6.67. The molecule has 0 aromatic heterocycles. The smallest absolute Gasteiger partial charge is 0.123 e. The summed E-state index contributed by atoms with van der Waals surface area (Å²) in [6, 6.07) is 6.85. The Bertz CT molecular complexity index is 419. The molecule has 1 fully saturated rings. The second kappa shape index (κ2) is 4.02. The molecule has 0 saturated carbocycles. The van der Waals surface area contributed by atoms with E-state index in [0.717, 1.165) is 25.3 Å². The second-order valence-electron chi connectivity index (χ2n) is 5.93. The third-order valence-electron chi connectivity index (χ3n) is 3.90. The molecule has 0 unspecified atom stereocenters. The van der Waals surface area contributed by atoms with Gasteiger partial charge in [0.15, 0.2) is 0 Å². The number of hydrogen-bond acceptors (Lipinski definition) is 2. The summed E-state index contributed by atoms with van der Waals surface area (Å²) in [5, 5.41) is 3.42. The van der Waals surface area contributed by atoms with E-state index in [-0.39, 0.29) is 5.60 Å². The number of benzene rings is 1. The lowest BCUT2D eigenvalue weighted by molar-refractivity contribution is 0.138. The highest BCUT2D eigenvalue weighted by atomic mass is 16.5. The Labute approximate surface area is 103 Å². The lowest BCUT2D eigenvalue weighted by Gasteiger charge is -2.23. The predicted octanol–water partition coefficient (Wildman–Crippen LogP) is 2.87. The highest BCUT2D eigenvalue weighted by Gasteiger charge is 2.30. The van der Waals surface area contributed by atoms with E-state index in [1.165, 1.54) is 24.0 Å². The van der Waals surface area contributed by atoms with Gasteiger partial charge in [-0.3, -0.25) is 0 Å². The zero-order chi connectivity index (χ0) is 11.9. The highest BCUT2D eigenvalue weighted by Crippen LogP contribution is 2.38. The van der Waals surface area contributed by atoms with Crippen LogP contribution in [0.15, 0.2) is 18.2 Å². The maximum Gasteiger partial charge on any atom is 0.123 e. The molecule has 2 heterocycles. The molecule has 2 aliphatic rings. The van der Waals surface area contributed by atoms with Crippen LogP contribution in [0.4, 0.5) is 0 Å². The minimum Gasteiger partial charge on any atom is -0.487 e. The van der Waals surface area contributed by atoms with E-state index in [1.807, 2.05) is 0 Å². The summed E-state index contributed by atoms with van der Waals surface area (Å²) >= 11 is 0. The fourth-order valence-electron chi connectivity index (χ4n) is 3.01. The molecule has 0 amide bonds. The van der Waals surface area contributed by atoms with Crippen molar-refractivity contribution in [2.75, 3.05) is 13.1 Å². The van der Waals surface area contributed by atoms with Crippen molar-refractivity contribution in [1.29, 1.82) is 0 Å². The molecule has 0 radical (unpaired) electrons. The predicted molar refractivity (Wildman–Crippen MR) is 69.7 cm³/mol.